The van der Waals surface area contributed by atoms with Crippen LogP contribution in [0.15, 0.2) is 67.3 Å². The van der Waals surface area contributed by atoms with Gasteiger partial charge in [0.2, 0.25) is 11.7 Å². The summed E-state index contributed by atoms with van der Waals surface area (Å²) in [5.41, 5.74) is 6.74. The molecule has 11 heteroatoms. The van der Waals surface area contributed by atoms with Gasteiger partial charge in [0, 0.05) is 51.1 Å². The van der Waals surface area contributed by atoms with Crippen molar-refractivity contribution in [3.63, 3.8) is 0 Å². The SMILES string of the molecule is Cc1ncc(NC(=O)CCN2CCc3ccccc3C2)cc1NC(=O)c1nnc2cc(-c3cnn(C)c3)ccn12. The molecule has 1 aliphatic rings. The molecule has 11 nitrogen and oxygen atoms in total. The van der Waals surface area contributed by atoms with E-state index in [2.05, 4.69) is 60.1 Å². The fourth-order valence-electron chi connectivity index (χ4n) is 4.93. The van der Waals surface area contributed by atoms with E-state index in [0.717, 1.165) is 30.6 Å². The summed E-state index contributed by atoms with van der Waals surface area (Å²) >= 11 is 0. The number of benzene rings is 1. The molecule has 6 rings (SSSR count). The van der Waals surface area contributed by atoms with Gasteiger partial charge >= 0.3 is 0 Å². The molecule has 0 fully saturated rings. The number of nitrogens with zero attached hydrogens (tertiary/aromatic N) is 7. The number of amides is 2. The average Bonchev–Trinajstić information content (AvgIpc) is 3.59. The molecule has 0 saturated carbocycles. The Balaban J connectivity index is 1.09. The van der Waals surface area contributed by atoms with Crippen LogP contribution in [0.2, 0.25) is 0 Å². The van der Waals surface area contributed by atoms with Crippen molar-refractivity contribution in [1.82, 2.24) is 34.3 Å². The second-order valence-corrected chi connectivity index (χ2v) is 9.97. The molecule has 0 spiro atoms. The van der Waals surface area contributed by atoms with Gasteiger partial charge in [-0.3, -0.25) is 28.6 Å². The maximum absolute atomic E-state index is 13.1. The Labute approximate surface area is 230 Å². The summed E-state index contributed by atoms with van der Waals surface area (Å²) in [4.78, 5) is 32.5. The first-order valence-electron chi connectivity index (χ1n) is 13.1. The van der Waals surface area contributed by atoms with E-state index in [0.29, 0.717) is 35.7 Å². The van der Waals surface area contributed by atoms with E-state index in [9.17, 15) is 9.59 Å². The van der Waals surface area contributed by atoms with Gasteiger partial charge in [0.25, 0.3) is 5.91 Å². The fraction of sp³-hybridized carbons (Fsp3) is 0.241. The lowest BCUT2D eigenvalue weighted by Gasteiger charge is -2.28. The van der Waals surface area contributed by atoms with Crippen LogP contribution in [0.25, 0.3) is 16.8 Å². The van der Waals surface area contributed by atoms with Gasteiger partial charge in [0.15, 0.2) is 5.65 Å². The molecule has 0 bridgehead atoms. The van der Waals surface area contributed by atoms with E-state index in [-0.39, 0.29) is 11.7 Å². The van der Waals surface area contributed by atoms with Crippen LogP contribution in [0.3, 0.4) is 0 Å². The predicted molar refractivity (Wildman–Crippen MR) is 151 cm³/mol. The zero-order valence-electron chi connectivity index (χ0n) is 22.3. The Morgan fingerprint density at radius 1 is 1.00 bits per heavy atom. The normalized spacial score (nSPS) is 13.2. The molecule has 0 saturated heterocycles. The first-order valence-corrected chi connectivity index (χ1v) is 13.1. The molecule has 1 aromatic carbocycles. The number of hydrogen-bond donors (Lipinski definition) is 2. The largest absolute Gasteiger partial charge is 0.325 e. The molecule has 5 aromatic rings. The van der Waals surface area contributed by atoms with E-state index in [1.54, 1.807) is 40.7 Å². The number of anilines is 2. The molecule has 0 unspecified atom stereocenters. The standard InChI is InChI=1S/C29H29N9O2/c1-19-25(33-29(40)28-35-34-26-13-21(8-12-38(26)28)23-15-31-36(2)17-23)14-24(16-30-19)32-27(39)9-11-37-10-7-20-5-3-4-6-22(20)18-37/h3-6,8,12-17H,7,9-11,18H2,1-2H3,(H,32,39)(H,33,40). The lowest BCUT2D eigenvalue weighted by atomic mass is 10.00. The second kappa shape index (κ2) is 10.7. The summed E-state index contributed by atoms with van der Waals surface area (Å²) in [6.07, 6.45) is 8.39. The highest BCUT2D eigenvalue weighted by molar-refractivity contribution is 6.03. The van der Waals surface area contributed by atoms with Crippen molar-refractivity contribution in [2.75, 3.05) is 23.7 Å². The van der Waals surface area contributed by atoms with Crippen molar-refractivity contribution in [2.24, 2.45) is 7.05 Å². The van der Waals surface area contributed by atoms with Crippen LogP contribution in [-0.2, 0) is 24.8 Å². The third-order valence-electron chi connectivity index (χ3n) is 7.13. The summed E-state index contributed by atoms with van der Waals surface area (Å²) in [7, 11) is 1.85. The summed E-state index contributed by atoms with van der Waals surface area (Å²) in [6, 6.07) is 13.9. The third kappa shape index (κ3) is 5.32. The van der Waals surface area contributed by atoms with Crippen LogP contribution in [-0.4, -0.2) is 59.2 Å². The number of carbonyl (C=O) groups is 2. The van der Waals surface area contributed by atoms with E-state index in [1.807, 2.05) is 25.4 Å². The Morgan fingerprint density at radius 2 is 1.85 bits per heavy atom. The van der Waals surface area contributed by atoms with E-state index in [1.165, 1.54) is 11.1 Å². The summed E-state index contributed by atoms with van der Waals surface area (Å²) in [6.45, 7) is 4.26. The van der Waals surface area contributed by atoms with Crippen molar-refractivity contribution in [3.05, 3.63) is 89.9 Å². The molecule has 1 aliphatic heterocycles. The minimum atomic E-state index is -0.430. The number of aromatic nitrogens is 6. The van der Waals surface area contributed by atoms with Gasteiger partial charge < -0.3 is 10.6 Å². The van der Waals surface area contributed by atoms with E-state index >= 15 is 0 Å². The van der Waals surface area contributed by atoms with Crippen LogP contribution < -0.4 is 10.6 Å². The lowest BCUT2D eigenvalue weighted by molar-refractivity contribution is -0.116. The molecular weight excluding hydrogens is 506 g/mol. The topological polar surface area (TPSA) is 122 Å². The molecule has 2 amide bonds. The fourth-order valence-corrected chi connectivity index (χ4v) is 4.93. The van der Waals surface area contributed by atoms with Crippen LogP contribution in [0.4, 0.5) is 11.4 Å². The second-order valence-electron chi connectivity index (χ2n) is 9.97. The molecular formula is C29H29N9O2. The van der Waals surface area contributed by atoms with Gasteiger partial charge in [-0.1, -0.05) is 24.3 Å². The summed E-state index contributed by atoms with van der Waals surface area (Å²) in [5.74, 6) is -0.389. The number of aryl methyl sites for hydroxylation is 2. The highest BCUT2D eigenvalue weighted by Gasteiger charge is 2.19. The van der Waals surface area contributed by atoms with Crippen molar-refractivity contribution in [1.29, 1.82) is 0 Å². The van der Waals surface area contributed by atoms with Gasteiger partial charge in [0.1, 0.15) is 0 Å². The predicted octanol–water partition coefficient (Wildman–Crippen LogP) is 3.47. The van der Waals surface area contributed by atoms with Crippen molar-refractivity contribution in [2.45, 2.75) is 26.3 Å². The quantitative estimate of drug-likeness (QED) is 0.327. The molecule has 0 atom stereocenters. The molecule has 2 N–H and O–H groups in total. The average molecular weight is 536 g/mol. The highest BCUT2D eigenvalue weighted by Crippen LogP contribution is 2.22. The molecule has 5 heterocycles. The first kappa shape index (κ1) is 25.4. The molecule has 4 aromatic heterocycles. The monoisotopic (exact) mass is 535 g/mol. The van der Waals surface area contributed by atoms with Gasteiger partial charge in [-0.15, -0.1) is 10.2 Å². The summed E-state index contributed by atoms with van der Waals surface area (Å²) < 4.78 is 3.35. The Hall–Kier alpha value is -4.90. The number of nitrogens with one attached hydrogen (secondary N) is 2. The van der Waals surface area contributed by atoms with Crippen molar-refractivity contribution >= 4 is 28.8 Å². The maximum atomic E-state index is 13.1. The maximum Gasteiger partial charge on any atom is 0.294 e. The van der Waals surface area contributed by atoms with E-state index < -0.39 is 5.91 Å². The number of pyridine rings is 2. The number of rotatable bonds is 7. The zero-order chi connectivity index (χ0) is 27.6. The molecule has 202 valence electrons. The lowest BCUT2D eigenvalue weighted by Crippen LogP contribution is -2.33. The molecule has 0 aliphatic carbocycles. The Morgan fingerprint density at radius 3 is 2.67 bits per heavy atom. The zero-order valence-corrected chi connectivity index (χ0v) is 22.3. The molecule has 0 radical (unpaired) electrons. The van der Waals surface area contributed by atoms with Crippen LogP contribution >= 0.6 is 0 Å². The minimum Gasteiger partial charge on any atom is -0.325 e. The third-order valence-corrected chi connectivity index (χ3v) is 7.13. The van der Waals surface area contributed by atoms with Gasteiger partial charge in [-0.05, 0) is 48.2 Å². The van der Waals surface area contributed by atoms with Crippen LogP contribution in [0, 0.1) is 6.92 Å². The first-order chi connectivity index (χ1) is 19.4. The van der Waals surface area contributed by atoms with Crippen molar-refractivity contribution in [3.8, 4) is 11.1 Å². The van der Waals surface area contributed by atoms with Crippen molar-refractivity contribution < 1.29 is 9.59 Å². The smallest absolute Gasteiger partial charge is 0.294 e. The number of carbonyl (C=O) groups excluding carboxylic acids is 2. The Kier molecular flexibility index (Phi) is 6.79. The van der Waals surface area contributed by atoms with Gasteiger partial charge in [-0.25, -0.2) is 0 Å². The molecule has 40 heavy (non-hydrogen) atoms. The van der Waals surface area contributed by atoms with Gasteiger partial charge in [0.05, 0.1) is 29.5 Å². The number of hydrogen-bond acceptors (Lipinski definition) is 7. The van der Waals surface area contributed by atoms with Gasteiger partial charge in [-0.2, -0.15) is 5.10 Å². The minimum absolute atomic E-state index is 0.102. The van der Waals surface area contributed by atoms with Crippen LogP contribution in [0.5, 0.6) is 0 Å². The summed E-state index contributed by atoms with van der Waals surface area (Å²) in [5, 5.41) is 18.2. The van der Waals surface area contributed by atoms with E-state index in [4.69, 9.17) is 0 Å². The van der Waals surface area contributed by atoms with Crippen LogP contribution in [0.1, 0.15) is 33.9 Å². The Bertz CT molecular complexity index is 1720. The number of fused-ring (bicyclic) bond motifs is 2. The highest BCUT2D eigenvalue weighted by atomic mass is 16.2.